The van der Waals surface area contributed by atoms with Crippen LogP contribution in [-0.2, 0) is 16.1 Å². The van der Waals surface area contributed by atoms with Crippen LogP contribution in [0.25, 0.3) is 0 Å². The minimum atomic E-state index is -0.250. The normalized spacial score (nSPS) is 17.8. The van der Waals surface area contributed by atoms with E-state index in [0.717, 1.165) is 17.1 Å². The van der Waals surface area contributed by atoms with E-state index in [-0.39, 0.29) is 12.0 Å². The van der Waals surface area contributed by atoms with Gasteiger partial charge in [0, 0.05) is 19.5 Å². The van der Waals surface area contributed by atoms with Gasteiger partial charge >= 0.3 is 0 Å². The van der Waals surface area contributed by atoms with E-state index in [2.05, 4.69) is 30.2 Å². The molecule has 1 aliphatic rings. The van der Waals surface area contributed by atoms with Crippen molar-refractivity contribution in [1.82, 2.24) is 25.2 Å². The van der Waals surface area contributed by atoms with Crippen LogP contribution in [0.15, 0.2) is 10.7 Å². The molecule has 9 heteroatoms. The first-order chi connectivity index (χ1) is 11.5. The highest BCUT2D eigenvalue weighted by molar-refractivity contribution is 5.73. The second-order valence-corrected chi connectivity index (χ2v) is 5.70. The van der Waals surface area contributed by atoms with Crippen LogP contribution in [0.1, 0.15) is 35.9 Å². The number of morpholine rings is 1. The summed E-state index contributed by atoms with van der Waals surface area (Å²) in [5, 5.41) is 10.8. The Kier molecular flexibility index (Phi) is 4.70. The van der Waals surface area contributed by atoms with Crippen molar-refractivity contribution in [3.8, 4) is 0 Å². The zero-order valence-electron chi connectivity index (χ0n) is 13.9. The summed E-state index contributed by atoms with van der Waals surface area (Å²) in [6, 6.07) is 1.84. The van der Waals surface area contributed by atoms with Crippen molar-refractivity contribution in [2.75, 3.05) is 25.0 Å². The van der Waals surface area contributed by atoms with Crippen LogP contribution in [0.2, 0.25) is 0 Å². The largest absolute Gasteiger partial charge is 0.368 e. The summed E-state index contributed by atoms with van der Waals surface area (Å²) in [5.41, 5.74) is 2.22. The summed E-state index contributed by atoms with van der Waals surface area (Å²) in [5.74, 6) is 1.35. The standard InChI is InChI=1S/C15H20N6O3/c1-9-13(20-24-19-9)7-16-15-6-12(17-10(2)18-15)14-8-21(11(3)22)4-5-23-14/h6,14H,4-5,7-8H2,1-3H3,(H,16,17,18)/t14-/m0/s1. The van der Waals surface area contributed by atoms with Crippen LogP contribution in [-0.4, -0.2) is 50.8 Å². The molecule has 0 radical (unpaired) electrons. The molecule has 1 aliphatic heterocycles. The molecule has 9 nitrogen and oxygen atoms in total. The minimum Gasteiger partial charge on any atom is -0.368 e. The summed E-state index contributed by atoms with van der Waals surface area (Å²) in [6.45, 7) is 7.28. The Hall–Kier alpha value is -2.55. The van der Waals surface area contributed by atoms with E-state index in [1.165, 1.54) is 0 Å². The molecular formula is C15H20N6O3. The average molecular weight is 332 g/mol. The van der Waals surface area contributed by atoms with E-state index in [1.807, 2.05) is 19.9 Å². The van der Waals surface area contributed by atoms with Gasteiger partial charge in [0.2, 0.25) is 5.91 Å². The van der Waals surface area contributed by atoms with Gasteiger partial charge in [0.15, 0.2) is 0 Å². The van der Waals surface area contributed by atoms with Crippen LogP contribution >= 0.6 is 0 Å². The first kappa shape index (κ1) is 16.3. The third-order valence-corrected chi connectivity index (χ3v) is 3.88. The van der Waals surface area contributed by atoms with Gasteiger partial charge in [-0.2, -0.15) is 0 Å². The Bertz CT molecular complexity index is 732. The van der Waals surface area contributed by atoms with Crippen molar-refractivity contribution >= 4 is 11.7 Å². The number of amides is 1. The number of ether oxygens (including phenoxy) is 1. The molecule has 2 aromatic heterocycles. The quantitative estimate of drug-likeness (QED) is 0.884. The molecule has 24 heavy (non-hydrogen) atoms. The van der Waals surface area contributed by atoms with Gasteiger partial charge in [-0.25, -0.2) is 14.6 Å². The van der Waals surface area contributed by atoms with Gasteiger partial charge in [0.25, 0.3) is 0 Å². The summed E-state index contributed by atoms with van der Waals surface area (Å²) >= 11 is 0. The second kappa shape index (κ2) is 6.91. The molecule has 0 aliphatic carbocycles. The average Bonchev–Trinajstić information content (AvgIpc) is 2.97. The minimum absolute atomic E-state index is 0.0430. The van der Waals surface area contributed by atoms with Crippen LogP contribution in [0.3, 0.4) is 0 Å². The monoisotopic (exact) mass is 332 g/mol. The Morgan fingerprint density at radius 1 is 1.38 bits per heavy atom. The number of nitrogens with one attached hydrogen (secondary N) is 1. The lowest BCUT2D eigenvalue weighted by Crippen LogP contribution is -2.41. The molecule has 2 aromatic rings. The number of hydrogen-bond donors (Lipinski definition) is 1. The molecular weight excluding hydrogens is 312 g/mol. The molecule has 1 atom stereocenters. The van der Waals surface area contributed by atoms with Gasteiger partial charge in [-0.1, -0.05) is 10.3 Å². The van der Waals surface area contributed by atoms with E-state index in [0.29, 0.717) is 37.9 Å². The fraction of sp³-hybridized carbons (Fsp3) is 0.533. The molecule has 0 aromatic carbocycles. The van der Waals surface area contributed by atoms with E-state index < -0.39 is 0 Å². The van der Waals surface area contributed by atoms with E-state index >= 15 is 0 Å². The van der Waals surface area contributed by atoms with Crippen molar-refractivity contribution < 1.29 is 14.2 Å². The van der Waals surface area contributed by atoms with E-state index in [9.17, 15) is 4.79 Å². The van der Waals surface area contributed by atoms with Gasteiger partial charge in [-0.3, -0.25) is 4.79 Å². The maximum atomic E-state index is 11.6. The maximum absolute atomic E-state index is 11.6. The van der Waals surface area contributed by atoms with Gasteiger partial charge < -0.3 is 15.0 Å². The highest BCUT2D eigenvalue weighted by Crippen LogP contribution is 2.23. The molecule has 0 bridgehead atoms. The summed E-state index contributed by atoms with van der Waals surface area (Å²) in [6.07, 6.45) is -0.250. The Balaban J connectivity index is 1.73. The van der Waals surface area contributed by atoms with Crippen molar-refractivity contribution in [3.05, 3.63) is 29.0 Å². The molecule has 0 saturated carbocycles. The van der Waals surface area contributed by atoms with Crippen molar-refractivity contribution in [3.63, 3.8) is 0 Å². The summed E-state index contributed by atoms with van der Waals surface area (Å²) in [7, 11) is 0. The smallest absolute Gasteiger partial charge is 0.219 e. The fourth-order valence-electron chi connectivity index (χ4n) is 2.54. The first-order valence-electron chi connectivity index (χ1n) is 7.77. The lowest BCUT2D eigenvalue weighted by molar-refractivity contribution is -0.136. The highest BCUT2D eigenvalue weighted by atomic mass is 16.6. The molecule has 0 unspecified atom stereocenters. The number of aryl methyl sites for hydroxylation is 2. The molecule has 3 rings (SSSR count). The molecule has 3 heterocycles. The molecule has 0 spiro atoms. The number of rotatable bonds is 4. The van der Waals surface area contributed by atoms with Crippen LogP contribution in [0.4, 0.5) is 5.82 Å². The molecule has 128 valence electrons. The first-order valence-corrected chi connectivity index (χ1v) is 7.77. The molecule has 1 N–H and O–H groups in total. The number of aromatic nitrogens is 4. The Morgan fingerprint density at radius 3 is 2.92 bits per heavy atom. The SMILES string of the molecule is CC(=O)N1CCO[C@H](c2cc(NCc3nonc3C)nc(C)n2)C1. The third-order valence-electron chi connectivity index (χ3n) is 3.88. The number of nitrogens with zero attached hydrogens (tertiary/aromatic N) is 5. The van der Waals surface area contributed by atoms with Gasteiger partial charge in [0.05, 0.1) is 25.4 Å². The van der Waals surface area contributed by atoms with Gasteiger partial charge in [0.1, 0.15) is 29.1 Å². The molecule has 1 saturated heterocycles. The van der Waals surface area contributed by atoms with Crippen molar-refractivity contribution in [2.45, 2.75) is 33.4 Å². The van der Waals surface area contributed by atoms with Crippen molar-refractivity contribution in [1.29, 1.82) is 0 Å². The van der Waals surface area contributed by atoms with Crippen molar-refractivity contribution in [2.24, 2.45) is 0 Å². The number of anilines is 1. The van der Waals surface area contributed by atoms with E-state index in [4.69, 9.17) is 4.74 Å². The highest BCUT2D eigenvalue weighted by Gasteiger charge is 2.25. The fourth-order valence-corrected chi connectivity index (χ4v) is 2.54. The summed E-state index contributed by atoms with van der Waals surface area (Å²) in [4.78, 5) is 22.2. The predicted octanol–water partition coefficient (Wildman–Crippen LogP) is 1.01. The number of carbonyl (C=O) groups excluding carboxylic acids is 1. The summed E-state index contributed by atoms with van der Waals surface area (Å²) < 4.78 is 10.5. The second-order valence-electron chi connectivity index (χ2n) is 5.70. The Morgan fingerprint density at radius 2 is 2.21 bits per heavy atom. The number of hydrogen-bond acceptors (Lipinski definition) is 8. The van der Waals surface area contributed by atoms with Crippen LogP contribution in [0.5, 0.6) is 0 Å². The third kappa shape index (κ3) is 3.67. The van der Waals surface area contributed by atoms with Crippen LogP contribution < -0.4 is 5.32 Å². The zero-order chi connectivity index (χ0) is 17.1. The molecule has 1 amide bonds. The zero-order valence-corrected chi connectivity index (χ0v) is 13.9. The lowest BCUT2D eigenvalue weighted by Gasteiger charge is -2.32. The van der Waals surface area contributed by atoms with E-state index in [1.54, 1.807) is 11.8 Å². The predicted molar refractivity (Wildman–Crippen MR) is 84.1 cm³/mol. The maximum Gasteiger partial charge on any atom is 0.219 e. The lowest BCUT2D eigenvalue weighted by atomic mass is 10.2. The van der Waals surface area contributed by atoms with Gasteiger partial charge in [-0.15, -0.1) is 0 Å². The topological polar surface area (TPSA) is 106 Å². The van der Waals surface area contributed by atoms with Crippen LogP contribution in [0, 0.1) is 13.8 Å². The Labute approximate surface area is 139 Å². The number of carbonyl (C=O) groups is 1. The molecule has 1 fully saturated rings. The van der Waals surface area contributed by atoms with Gasteiger partial charge in [-0.05, 0) is 13.8 Å².